The largest absolute Gasteiger partial charge is 0.467 e. The van der Waals surface area contributed by atoms with Crippen LogP contribution in [0.15, 0.2) is 28.0 Å². The minimum absolute atomic E-state index is 0.104. The number of aryl methyl sites for hydroxylation is 1. The number of methoxy groups -OCH3 is 1. The quantitative estimate of drug-likeness (QED) is 0.436. The first-order valence-corrected chi connectivity index (χ1v) is 11.7. The lowest BCUT2D eigenvalue weighted by Crippen LogP contribution is -2.37. The molecule has 1 aromatic heterocycles. The Morgan fingerprint density at radius 2 is 1.97 bits per heavy atom. The Bertz CT molecular complexity index is 1240. The maximum atomic E-state index is 12.8. The van der Waals surface area contributed by atoms with E-state index < -0.39 is 46.7 Å². The molecule has 1 aliphatic rings. The molecule has 2 aromatic rings. The standard InChI is InChI=1S/C16H19N5O8S2/c1-4-10-17-13(20-15(18-10)29-3)19-14(23)21-31(27,28)9-7-5-6-8-11(9)30(25,26)16(2,24)12(8)22/h5-7,12,22,24H,4H2,1-3H3,(H2,17,18,19,20,21,23). The summed E-state index contributed by atoms with van der Waals surface area (Å²) in [6, 6.07) is 1.89. The number of aliphatic hydroxyl groups excluding tert-OH is 1. The van der Waals surface area contributed by atoms with Crippen LogP contribution in [-0.2, 0) is 26.3 Å². The molecule has 2 amide bonds. The van der Waals surface area contributed by atoms with E-state index in [4.69, 9.17) is 4.74 Å². The van der Waals surface area contributed by atoms with E-state index in [1.807, 2.05) is 0 Å². The second-order valence-corrected chi connectivity index (χ2v) is 10.5. The van der Waals surface area contributed by atoms with Gasteiger partial charge in [0, 0.05) is 12.0 Å². The van der Waals surface area contributed by atoms with Crippen LogP contribution < -0.4 is 14.8 Å². The predicted molar refractivity (Wildman–Crippen MR) is 104 cm³/mol. The van der Waals surface area contributed by atoms with Gasteiger partial charge in [-0.3, -0.25) is 5.32 Å². The molecule has 31 heavy (non-hydrogen) atoms. The number of fused-ring (bicyclic) bond motifs is 1. The lowest BCUT2D eigenvalue weighted by Gasteiger charge is -2.19. The Hall–Kier alpha value is -2.88. The number of sulfone groups is 1. The molecule has 2 unspecified atom stereocenters. The molecule has 2 heterocycles. The summed E-state index contributed by atoms with van der Waals surface area (Å²) >= 11 is 0. The van der Waals surface area contributed by atoms with E-state index in [0.29, 0.717) is 6.42 Å². The molecule has 15 heteroatoms. The van der Waals surface area contributed by atoms with E-state index in [9.17, 15) is 31.8 Å². The van der Waals surface area contributed by atoms with Gasteiger partial charge in [0.2, 0.25) is 15.8 Å². The van der Waals surface area contributed by atoms with Crippen molar-refractivity contribution in [1.29, 1.82) is 0 Å². The number of carbonyl (C=O) groups is 1. The summed E-state index contributed by atoms with van der Waals surface area (Å²) < 4.78 is 57.4. The number of nitrogens with one attached hydrogen (secondary N) is 2. The van der Waals surface area contributed by atoms with Crippen molar-refractivity contribution < 1.29 is 36.6 Å². The number of urea groups is 1. The van der Waals surface area contributed by atoms with Crippen molar-refractivity contribution in [3.05, 3.63) is 29.6 Å². The second-order valence-electron chi connectivity index (χ2n) is 6.61. The molecular formula is C16H19N5O8S2. The normalized spacial score (nSPS) is 21.9. The van der Waals surface area contributed by atoms with Crippen LogP contribution in [0.3, 0.4) is 0 Å². The number of hydrogen-bond donors (Lipinski definition) is 4. The Labute approximate surface area is 177 Å². The fourth-order valence-electron chi connectivity index (χ4n) is 2.90. The van der Waals surface area contributed by atoms with Crippen LogP contribution in [0.25, 0.3) is 0 Å². The van der Waals surface area contributed by atoms with Gasteiger partial charge in [-0.15, -0.1) is 0 Å². The molecular weight excluding hydrogens is 454 g/mol. The van der Waals surface area contributed by atoms with Gasteiger partial charge < -0.3 is 14.9 Å². The Kier molecular flexibility index (Phi) is 5.64. The highest BCUT2D eigenvalue weighted by molar-refractivity contribution is 7.95. The van der Waals surface area contributed by atoms with E-state index in [2.05, 4.69) is 20.3 Å². The van der Waals surface area contributed by atoms with Crippen molar-refractivity contribution in [3.8, 4) is 6.01 Å². The number of hydrogen-bond acceptors (Lipinski definition) is 11. The molecule has 3 rings (SSSR count). The maximum absolute atomic E-state index is 12.8. The number of benzene rings is 1. The third kappa shape index (κ3) is 3.80. The van der Waals surface area contributed by atoms with E-state index in [1.165, 1.54) is 19.2 Å². The zero-order valence-electron chi connectivity index (χ0n) is 16.5. The smallest absolute Gasteiger partial charge is 0.335 e. The third-order valence-corrected chi connectivity index (χ3v) is 8.33. The van der Waals surface area contributed by atoms with Gasteiger partial charge in [-0.25, -0.2) is 26.4 Å². The summed E-state index contributed by atoms with van der Waals surface area (Å²) in [7, 11) is -8.11. The summed E-state index contributed by atoms with van der Waals surface area (Å²) in [6.07, 6.45) is -1.49. The average Bonchev–Trinajstić information content (AvgIpc) is 2.84. The molecule has 1 aromatic carbocycles. The fourth-order valence-corrected chi connectivity index (χ4v) is 6.24. The highest BCUT2D eigenvalue weighted by atomic mass is 32.2. The van der Waals surface area contributed by atoms with Crippen LogP contribution in [0.4, 0.5) is 10.7 Å². The lowest BCUT2D eigenvalue weighted by atomic mass is 10.1. The first kappa shape index (κ1) is 22.8. The Balaban J connectivity index is 1.95. The summed E-state index contributed by atoms with van der Waals surface area (Å²) in [5.74, 6) is -0.0196. The van der Waals surface area contributed by atoms with Gasteiger partial charge in [0.15, 0.2) is 4.93 Å². The molecule has 0 radical (unpaired) electrons. The highest BCUT2D eigenvalue weighted by Gasteiger charge is 2.55. The number of ether oxygens (including phenoxy) is 1. The topological polar surface area (TPSA) is 198 Å². The minimum atomic E-state index is -4.75. The number of aliphatic hydroxyl groups is 2. The van der Waals surface area contributed by atoms with Crippen LogP contribution in [0.1, 0.15) is 31.3 Å². The van der Waals surface area contributed by atoms with Crippen molar-refractivity contribution in [2.24, 2.45) is 0 Å². The molecule has 0 saturated carbocycles. The van der Waals surface area contributed by atoms with E-state index >= 15 is 0 Å². The second kappa shape index (κ2) is 7.67. The SMILES string of the molecule is CCc1nc(NC(=O)NS(=O)(=O)c2cccc3c2S(=O)(=O)C(C)(O)C3O)nc(OC)n1. The highest BCUT2D eigenvalue weighted by Crippen LogP contribution is 2.47. The van der Waals surface area contributed by atoms with Crippen LogP contribution in [0.5, 0.6) is 6.01 Å². The van der Waals surface area contributed by atoms with Gasteiger partial charge >= 0.3 is 12.0 Å². The Morgan fingerprint density at radius 1 is 1.29 bits per heavy atom. The molecule has 0 fully saturated rings. The van der Waals surface area contributed by atoms with Crippen LogP contribution in [0, 0.1) is 0 Å². The van der Waals surface area contributed by atoms with Crippen LogP contribution >= 0.6 is 0 Å². The Morgan fingerprint density at radius 3 is 2.58 bits per heavy atom. The summed E-state index contributed by atoms with van der Waals surface area (Å²) in [4.78, 5) is 19.7. The van der Waals surface area contributed by atoms with Crippen LogP contribution in [0.2, 0.25) is 0 Å². The zero-order chi connectivity index (χ0) is 23.2. The molecule has 0 saturated heterocycles. The summed E-state index contributed by atoms with van der Waals surface area (Å²) in [6.45, 7) is 2.59. The monoisotopic (exact) mass is 473 g/mol. The van der Waals surface area contributed by atoms with Crippen molar-refractivity contribution >= 4 is 31.8 Å². The number of sulfonamides is 1. The van der Waals surface area contributed by atoms with Crippen molar-refractivity contribution in [2.75, 3.05) is 12.4 Å². The van der Waals surface area contributed by atoms with E-state index in [0.717, 1.165) is 13.0 Å². The number of rotatable bonds is 5. The first-order chi connectivity index (χ1) is 14.3. The van der Waals surface area contributed by atoms with E-state index in [1.54, 1.807) is 11.6 Å². The molecule has 168 valence electrons. The molecule has 1 aliphatic heterocycles. The van der Waals surface area contributed by atoms with Crippen molar-refractivity contribution in [2.45, 2.75) is 41.1 Å². The molecule has 13 nitrogen and oxygen atoms in total. The van der Waals surface area contributed by atoms with Gasteiger partial charge in [-0.2, -0.15) is 15.0 Å². The fraction of sp³-hybridized carbons (Fsp3) is 0.375. The summed E-state index contributed by atoms with van der Waals surface area (Å²) in [5.41, 5.74) is -0.303. The van der Waals surface area contributed by atoms with Gasteiger partial charge in [-0.1, -0.05) is 19.1 Å². The third-order valence-electron chi connectivity index (χ3n) is 4.53. The zero-order valence-corrected chi connectivity index (χ0v) is 18.2. The predicted octanol–water partition coefficient (Wildman–Crippen LogP) is -0.518. The van der Waals surface area contributed by atoms with Gasteiger partial charge in [0.25, 0.3) is 10.0 Å². The van der Waals surface area contributed by atoms with Gasteiger partial charge in [-0.05, 0) is 13.0 Å². The van der Waals surface area contributed by atoms with Gasteiger partial charge in [0.05, 0.1) is 12.0 Å². The van der Waals surface area contributed by atoms with Crippen molar-refractivity contribution in [1.82, 2.24) is 19.7 Å². The van der Waals surface area contributed by atoms with Crippen LogP contribution in [-0.4, -0.2) is 60.1 Å². The molecule has 2 atom stereocenters. The number of aromatic nitrogens is 3. The molecule has 0 aliphatic carbocycles. The molecule has 4 N–H and O–H groups in total. The van der Waals surface area contributed by atoms with Crippen molar-refractivity contribution in [3.63, 3.8) is 0 Å². The molecule has 0 bridgehead atoms. The first-order valence-electron chi connectivity index (χ1n) is 8.76. The lowest BCUT2D eigenvalue weighted by molar-refractivity contribution is 0.00293. The minimum Gasteiger partial charge on any atom is -0.467 e. The number of amides is 2. The maximum Gasteiger partial charge on any atom is 0.335 e. The molecule has 0 spiro atoms. The van der Waals surface area contributed by atoms with Gasteiger partial charge in [0.1, 0.15) is 16.8 Å². The summed E-state index contributed by atoms with van der Waals surface area (Å²) in [5, 5.41) is 22.5. The number of anilines is 1. The number of carbonyl (C=O) groups excluding carboxylic acids is 1. The number of nitrogens with zero attached hydrogens (tertiary/aromatic N) is 3. The van der Waals surface area contributed by atoms with E-state index in [-0.39, 0.29) is 23.3 Å². The average molecular weight is 473 g/mol.